The monoisotopic (exact) mass is 435 g/mol. The third kappa shape index (κ3) is 4.36. The van der Waals surface area contributed by atoms with Crippen LogP contribution in [0.25, 0.3) is 10.9 Å². The second-order valence-electron chi connectivity index (χ2n) is 6.63. The summed E-state index contributed by atoms with van der Waals surface area (Å²) in [6.07, 6.45) is 1.39. The van der Waals surface area contributed by atoms with Gasteiger partial charge in [-0.2, -0.15) is 5.10 Å². The number of aromatic amines is 1. The number of benzene rings is 3. The smallest absolute Gasteiger partial charge is 0.349 e. The third-order valence-corrected chi connectivity index (χ3v) is 4.87. The van der Waals surface area contributed by atoms with Crippen LogP contribution in [0.1, 0.15) is 11.1 Å². The van der Waals surface area contributed by atoms with Crippen LogP contribution in [0.15, 0.2) is 81.4 Å². The Kier molecular flexibility index (Phi) is 5.86. The van der Waals surface area contributed by atoms with Crippen molar-refractivity contribution in [1.82, 2.24) is 9.66 Å². The molecule has 0 saturated heterocycles. The van der Waals surface area contributed by atoms with Crippen molar-refractivity contribution in [3.05, 3.63) is 104 Å². The van der Waals surface area contributed by atoms with Crippen LogP contribution in [0, 0.1) is 0 Å². The largest absolute Gasteiger partial charge is 0.493 e. The summed E-state index contributed by atoms with van der Waals surface area (Å²) < 4.78 is 12.2. The molecular formula is C23H18ClN3O4. The van der Waals surface area contributed by atoms with Gasteiger partial charge >= 0.3 is 5.69 Å². The lowest BCUT2D eigenvalue weighted by Crippen LogP contribution is -2.32. The first-order valence-corrected chi connectivity index (χ1v) is 9.77. The van der Waals surface area contributed by atoms with Gasteiger partial charge in [-0.15, -0.1) is 4.68 Å². The number of para-hydroxylation sites is 2. The second-order valence-corrected chi connectivity index (χ2v) is 7.07. The molecule has 0 bridgehead atoms. The van der Waals surface area contributed by atoms with Gasteiger partial charge in [-0.25, -0.2) is 4.79 Å². The first-order chi connectivity index (χ1) is 15.1. The van der Waals surface area contributed by atoms with Crippen LogP contribution < -0.4 is 20.7 Å². The minimum absolute atomic E-state index is 0.273. The zero-order valence-electron chi connectivity index (χ0n) is 16.5. The molecule has 0 atom stereocenters. The van der Waals surface area contributed by atoms with Crippen LogP contribution in [0.2, 0.25) is 5.02 Å². The molecule has 0 amide bonds. The molecule has 156 valence electrons. The highest BCUT2D eigenvalue weighted by Crippen LogP contribution is 2.31. The number of nitrogens with zero attached hydrogens (tertiary/aromatic N) is 2. The molecule has 0 spiro atoms. The fraction of sp³-hybridized carbons (Fsp3) is 0.0870. The zero-order valence-corrected chi connectivity index (χ0v) is 17.3. The van der Waals surface area contributed by atoms with Crippen LogP contribution in [0.4, 0.5) is 0 Å². The Morgan fingerprint density at radius 3 is 2.58 bits per heavy atom. The molecule has 31 heavy (non-hydrogen) atoms. The molecule has 1 N–H and O–H groups in total. The summed E-state index contributed by atoms with van der Waals surface area (Å²) in [6, 6.07) is 19.3. The zero-order chi connectivity index (χ0) is 21.8. The SMILES string of the molecule is COc1cccc(C=Nn2c(=O)[nH]c3ccccc3c2=O)c1OCc1ccc(Cl)cc1. The second kappa shape index (κ2) is 8.89. The van der Waals surface area contributed by atoms with E-state index in [1.807, 2.05) is 12.1 Å². The van der Waals surface area contributed by atoms with E-state index in [9.17, 15) is 9.59 Å². The van der Waals surface area contributed by atoms with E-state index in [1.54, 1.807) is 54.6 Å². The summed E-state index contributed by atoms with van der Waals surface area (Å²) in [5.74, 6) is 0.937. The molecule has 1 aromatic heterocycles. The van der Waals surface area contributed by atoms with E-state index in [4.69, 9.17) is 21.1 Å². The molecular weight excluding hydrogens is 418 g/mol. The number of fused-ring (bicyclic) bond motifs is 1. The lowest BCUT2D eigenvalue weighted by atomic mass is 10.2. The van der Waals surface area contributed by atoms with Crippen molar-refractivity contribution in [2.45, 2.75) is 6.61 Å². The lowest BCUT2D eigenvalue weighted by molar-refractivity contribution is 0.284. The van der Waals surface area contributed by atoms with E-state index in [-0.39, 0.29) is 6.61 Å². The van der Waals surface area contributed by atoms with Crippen LogP contribution in [0.3, 0.4) is 0 Å². The van der Waals surface area contributed by atoms with Crippen LogP contribution in [0.5, 0.6) is 11.5 Å². The molecule has 1 heterocycles. The summed E-state index contributed by atoms with van der Waals surface area (Å²) >= 11 is 5.93. The summed E-state index contributed by atoms with van der Waals surface area (Å²) in [7, 11) is 1.53. The highest BCUT2D eigenvalue weighted by molar-refractivity contribution is 6.30. The maximum Gasteiger partial charge on any atom is 0.349 e. The molecule has 0 aliphatic heterocycles. The van der Waals surface area contributed by atoms with E-state index in [2.05, 4.69) is 10.1 Å². The van der Waals surface area contributed by atoms with E-state index >= 15 is 0 Å². The number of hydrogen-bond donors (Lipinski definition) is 1. The number of halogens is 1. The average molecular weight is 436 g/mol. The topological polar surface area (TPSA) is 85.7 Å². The van der Waals surface area contributed by atoms with Crippen molar-refractivity contribution in [2.24, 2.45) is 5.10 Å². The molecule has 0 aliphatic carbocycles. The maximum absolute atomic E-state index is 12.7. The minimum atomic E-state index is -0.633. The van der Waals surface area contributed by atoms with Crippen LogP contribution in [-0.4, -0.2) is 23.0 Å². The lowest BCUT2D eigenvalue weighted by Gasteiger charge is -2.13. The van der Waals surface area contributed by atoms with Gasteiger partial charge in [0, 0.05) is 10.6 Å². The molecule has 0 saturated carbocycles. The van der Waals surface area contributed by atoms with E-state index in [0.29, 0.717) is 33.0 Å². The number of aromatic nitrogens is 2. The normalized spacial score (nSPS) is 11.2. The van der Waals surface area contributed by atoms with Crippen molar-refractivity contribution in [1.29, 1.82) is 0 Å². The van der Waals surface area contributed by atoms with Crippen molar-refractivity contribution >= 4 is 28.7 Å². The Morgan fingerprint density at radius 2 is 1.81 bits per heavy atom. The first kappa shape index (κ1) is 20.4. The van der Waals surface area contributed by atoms with E-state index < -0.39 is 11.2 Å². The Morgan fingerprint density at radius 1 is 1.03 bits per heavy atom. The summed E-state index contributed by atoms with van der Waals surface area (Å²) in [6.45, 7) is 0.273. The van der Waals surface area contributed by atoms with Crippen LogP contribution in [-0.2, 0) is 6.61 Å². The van der Waals surface area contributed by atoms with Crippen LogP contribution >= 0.6 is 11.6 Å². The number of rotatable bonds is 6. The molecule has 0 aliphatic rings. The van der Waals surface area contributed by atoms with Crippen molar-refractivity contribution < 1.29 is 9.47 Å². The van der Waals surface area contributed by atoms with Gasteiger partial charge in [0.05, 0.1) is 24.2 Å². The fourth-order valence-electron chi connectivity index (χ4n) is 3.06. The molecule has 0 radical (unpaired) electrons. The fourth-order valence-corrected chi connectivity index (χ4v) is 3.19. The molecule has 4 aromatic rings. The molecule has 4 rings (SSSR count). The predicted octanol–water partition coefficient (Wildman–Crippen LogP) is 3.81. The highest BCUT2D eigenvalue weighted by atomic mass is 35.5. The van der Waals surface area contributed by atoms with Gasteiger partial charge in [-0.05, 0) is 42.0 Å². The molecule has 0 unspecified atom stereocenters. The van der Waals surface area contributed by atoms with Gasteiger partial charge < -0.3 is 14.5 Å². The maximum atomic E-state index is 12.7. The Bertz CT molecular complexity index is 1370. The van der Waals surface area contributed by atoms with Gasteiger partial charge in [0.15, 0.2) is 11.5 Å². The third-order valence-electron chi connectivity index (χ3n) is 4.62. The minimum Gasteiger partial charge on any atom is -0.493 e. The van der Waals surface area contributed by atoms with Gasteiger partial charge in [0.25, 0.3) is 5.56 Å². The number of ether oxygens (including phenoxy) is 2. The Hall–Kier alpha value is -3.84. The average Bonchev–Trinajstić information content (AvgIpc) is 2.78. The van der Waals surface area contributed by atoms with E-state index in [0.717, 1.165) is 10.2 Å². The summed E-state index contributed by atoms with van der Waals surface area (Å²) in [4.78, 5) is 27.7. The van der Waals surface area contributed by atoms with Crippen molar-refractivity contribution in [3.63, 3.8) is 0 Å². The first-order valence-electron chi connectivity index (χ1n) is 9.39. The summed E-state index contributed by atoms with van der Waals surface area (Å²) in [5.41, 5.74) is 0.777. The summed E-state index contributed by atoms with van der Waals surface area (Å²) in [5, 5.41) is 5.11. The van der Waals surface area contributed by atoms with Gasteiger partial charge in [-0.1, -0.05) is 41.9 Å². The Labute approximate surface area is 182 Å². The van der Waals surface area contributed by atoms with Crippen molar-refractivity contribution in [3.8, 4) is 11.5 Å². The molecule has 7 nitrogen and oxygen atoms in total. The van der Waals surface area contributed by atoms with E-state index in [1.165, 1.54) is 13.3 Å². The predicted molar refractivity (Wildman–Crippen MR) is 121 cm³/mol. The van der Waals surface area contributed by atoms with Crippen molar-refractivity contribution in [2.75, 3.05) is 7.11 Å². The quantitative estimate of drug-likeness (QED) is 0.466. The number of hydrogen-bond acceptors (Lipinski definition) is 5. The number of methoxy groups -OCH3 is 1. The van der Waals surface area contributed by atoms with Gasteiger partial charge in [-0.3, -0.25) is 4.79 Å². The number of H-pyrrole nitrogens is 1. The Balaban J connectivity index is 1.69. The standard InChI is InChI=1S/C23H18ClN3O4/c1-30-20-8-4-5-16(21(20)31-14-15-9-11-17(24)12-10-15)13-25-27-22(28)18-6-2-3-7-19(18)26-23(27)29/h2-13H,14H2,1H3,(H,26,29). The number of nitrogens with one attached hydrogen (secondary N) is 1. The van der Waals surface area contributed by atoms with Gasteiger partial charge in [0.1, 0.15) is 6.61 Å². The highest BCUT2D eigenvalue weighted by Gasteiger charge is 2.11. The van der Waals surface area contributed by atoms with Gasteiger partial charge in [0.2, 0.25) is 0 Å². The molecule has 0 fully saturated rings. The molecule has 3 aromatic carbocycles. The molecule has 8 heteroatoms.